The molecule has 0 aromatic heterocycles. The van der Waals surface area contributed by atoms with Crippen LogP contribution in [0.15, 0.2) is 55.1 Å². The second-order valence-corrected chi connectivity index (χ2v) is 7.71. The SMILES string of the molecule is C=CCNC(=O)C1CC(=O)N(c2ccc(OCC(=O)Nc3ccc(Cl)c(Cl)c3)cc2)C1. The Hall–Kier alpha value is -3.03. The third-order valence-corrected chi connectivity index (χ3v) is 5.38. The zero-order chi connectivity index (χ0) is 22.4. The van der Waals surface area contributed by atoms with E-state index in [1.807, 2.05) is 0 Å². The standard InChI is InChI=1S/C22H21Cl2N3O4/c1-2-9-25-22(30)14-10-21(29)27(12-14)16-4-6-17(7-5-16)31-13-20(28)26-15-3-8-18(23)19(24)11-15/h2-8,11,14H,1,9-10,12-13H2,(H,25,30)(H,26,28). The maximum Gasteiger partial charge on any atom is 0.262 e. The van der Waals surface area contributed by atoms with Crippen molar-refractivity contribution in [2.45, 2.75) is 6.42 Å². The molecule has 2 aromatic rings. The lowest BCUT2D eigenvalue weighted by Crippen LogP contribution is -2.32. The summed E-state index contributed by atoms with van der Waals surface area (Å²) in [5.74, 6) is -0.559. The highest BCUT2D eigenvalue weighted by Gasteiger charge is 2.34. The van der Waals surface area contributed by atoms with Gasteiger partial charge in [-0.25, -0.2) is 0 Å². The Morgan fingerprint density at radius 3 is 2.58 bits per heavy atom. The van der Waals surface area contributed by atoms with E-state index in [9.17, 15) is 14.4 Å². The Kier molecular flexibility index (Phi) is 7.55. The van der Waals surface area contributed by atoms with Gasteiger partial charge in [-0.05, 0) is 42.5 Å². The predicted molar refractivity (Wildman–Crippen MR) is 121 cm³/mol. The number of carbonyl (C=O) groups excluding carboxylic acids is 3. The van der Waals surface area contributed by atoms with Crippen molar-refractivity contribution in [3.8, 4) is 5.75 Å². The van der Waals surface area contributed by atoms with Crippen LogP contribution in [0.5, 0.6) is 5.75 Å². The van der Waals surface area contributed by atoms with Gasteiger partial charge >= 0.3 is 0 Å². The number of anilines is 2. The van der Waals surface area contributed by atoms with Crippen LogP contribution in [-0.4, -0.2) is 37.4 Å². The first-order chi connectivity index (χ1) is 14.9. The van der Waals surface area contributed by atoms with Gasteiger partial charge in [0.15, 0.2) is 6.61 Å². The molecule has 0 radical (unpaired) electrons. The lowest BCUT2D eigenvalue weighted by atomic mass is 10.1. The molecular weight excluding hydrogens is 441 g/mol. The minimum absolute atomic E-state index is 0.117. The largest absolute Gasteiger partial charge is 0.484 e. The van der Waals surface area contributed by atoms with Gasteiger partial charge in [-0.1, -0.05) is 29.3 Å². The van der Waals surface area contributed by atoms with Crippen molar-refractivity contribution in [2.75, 3.05) is 29.9 Å². The number of hydrogen-bond donors (Lipinski definition) is 2. The smallest absolute Gasteiger partial charge is 0.262 e. The van der Waals surface area contributed by atoms with Crippen LogP contribution in [-0.2, 0) is 14.4 Å². The molecular formula is C22H21Cl2N3O4. The zero-order valence-corrected chi connectivity index (χ0v) is 18.1. The minimum atomic E-state index is -0.395. The molecule has 3 amide bonds. The lowest BCUT2D eigenvalue weighted by Gasteiger charge is -2.17. The molecule has 3 rings (SSSR count). The molecule has 2 N–H and O–H groups in total. The van der Waals surface area contributed by atoms with Gasteiger partial charge in [-0.15, -0.1) is 6.58 Å². The van der Waals surface area contributed by atoms with Crippen LogP contribution in [0.25, 0.3) is 0 Å². The molecule has 162 valence electrons. The minimum Gasteiger partial charge on any atom is -0.484 e. The van der Waals surface area contributed by atoms with Gasteiger partial charge in [0.25, 0.3) is 5.91 Å². The van der Waals surface area contributed by atoms with Crippen LogP contribution in [0.3, 0.4) is 0 Å². The van der Waals surface area contributed by atoms with Gasteiger partial charge in [-0.2, -0.15) is 0 Å². The Bertz CT molecular complexity index is 995. The number of carbonyl (C=O) groups is 3. The van der Waals surface area contributed by atoms with Crippen LogP contribution in [0.1, 0.15) is 6.42 Å². The van der Waals surface area contributed by atoms with Gasteiger partial charge in [0.05, 0.1) is 16.0 Å². The van der Waals surface area contributed by atoms with E-state index in [-0.39, 0.29) is 30.7 Å². The van der Waals surface area contributed by atoms with Crippen molar-refractivity contribution >= 4 is 52.3 Å². The van der Waals surface area contributed by atoms with E-state index in [4.69, 9.17) is 27.9 Å². The monoisotopic (exact) mass is 461 g/mol. The van der Waals surface area contributed by atoms with E-state index in [1.54, 1.807) is 53.4 Å². The van der Waals surface area contributed by atoms with Gasteiger partial charge in [0.1, 0.15) is 5.75 Å². The summed E-state index contributed by atoms with van der Waals surface area (Å²) in [5, 5.41) is 6.13. The molecule has 1 saturated heterocycles. The summed E-state index contributed by atoms with van der Waals surface area (Å²) in [5.41, 5.74) is 1.18. The summed E-state index contributed by atoms with van der Waals surface area (Å²) >= 11 is 11.8. The first-order valence-corrected chi connectivity index (χ1v) is 10.3. The second-order valence-electron chi connectivity index (χ2n) is 6.90. The molecule has 7 nitrogen and oxygen atoms in total. The molecule has 1 heterocycles. The molecule has 31 heavy (non-hydrogen) atoms. The molecule has 1 fully saturated rings. The Morgan fingerprint density at radius 1 is 1.16 bits per heavy atom. The third-order valence-electron chi connectivity index (χ3n) is 4.64. The molecule has 0 saturated carbocycles. The van der Waals surface area contributed by atoms with Crippen molar-refractivity contribution in [2.24, 2.45) is 5.92 Å². The van der Waals surface area contributed by atoms with E-state index in [2.05, 4.69) is 17.2 Å². The summed E-state index contributed by atoms with van der Waals surface area (Å²) in [6.45, 7) is 4.04. The molecule has 2 aromatic carbocycles. The Labute approximate surface area is 190 Å². The average Bonchev–Trinajstić information content (AvgIpc) is 3.15. The molecule has 1 unspecified atom stereocenters. The number of halogens is 2. The maximum absolute atomic E-state index is 12.3. The summed E-state index contributed by atoms with van der Waals surface area (Å²) in [6, 6.07) is 11.5. The first-order valence-electron chi connectivity index (χ1n) is 9.54. The van der Waals surface area contributed by atoms with Crippen LogP contribution < -0.4 is 20.3 Å². The van der Waals surface area contributed by atoms with Gasteiger partial charge in [0, 0.05) is 30.9 Å². The summed E-state index contributed by atoms with van der Waals surface area (Å²) in [7, 11) is 0. The number of rotatable bonds is 8. The molecule has 1 aliphatic heterocycles. The number of nitrogens with one attached hydrogen (secondary N) is 2. The quantitative estimate of drug-likeness (QED) is 0.587. The highest BCUT2D eigenvalue weighted by atomic mass is 35.5. The van der Waals surface area contributed by atoms with E-state index in [0.717, 1.165) is 0 Å². The maximum atomic E-state index is 12.3. The van der Waals surface area contributed by atoms with E-state index < -0.39 is 5.92 Å². The van der Waals surface area contributed by atoms with Crippen LogP contribution in [0.4, 0.5) is 11.4 Å². The second kappa shape index (κ2) is 10.3. The highest BCUT2D eigenvalue weighted by Crippen LogP contribution is 2.27. The molecule has 0 spiro atoms. The summed E-state index contributed by atoms with van der Waals surface area (Å²) in [6.07, 6.45) is 1.76. The van der Waals surface area contributed by atoms with Crippen LogP contribution in [0.2, 0.25) is 10.0 Å². The van der Waals surface area contributed by atoms with Crippen molar-refractivity contribution in [1.29, 1.82) is 0 Å². The normalized spacial score (nSPS) is 15.5. The fourth-order valence-corrected chi connectivity index (χ4v) is 3.39. The van der Waals surface area contributed by atoms with E-state index >= 15 is 0 Å². The summed E-state index contributed by atoms with van der Waals surface area (Å²) in [4.78, 5) is 38.0. The number of hydrogen-bond acceptors (Lipinski definition) is 4. The molecule has 1 atom stereocenters. The fourth-order valence-electron chi connectivity index (χ4n) is 3.09. The van der Waals surface area contributed by atoms with Crippen molar-refractivity contribution in [3.63, 3.8) is 0 Å². The zero-order valence-electron chi connectivity index (χ0n) is 16.6. The van der Waals surface area contributed by atoms with E-state index in [0.29, 0.717) is 40.3 Å². The van der Waals surface area contributed by atoms with Crippen molar-refractivity contribution in [1.82, 2.24) is 5.32 Å². The molecule has 1 aliphatic rings. The van der Waals surface area contributed by atoms with Crippen molar-refractivity contribution in [3.05, 3.63) is 65.2 Å². The van der Waals surface area contributed by atoms with Crippen molar-refractivity contribution < 1.29 is 19.1 Å². The van der Waals surface area contributed by atoms with Crippen LogP contribution in [0, 0.1) is 5.92 Å². The number of nitrogens with zero attached hydrogens (tertiary/aromatic N) is 1. The molecule has 0 aliphatic carbocycles. The lowest BCUT2D eigenvalue weighted by molar-refractivity contribution is -0.126. The summed E-state index contributed by atoms with van der Waals surface area (Å²) < 4.78 is 5.49. The Balaban J connectivity index is 1.52. The topological polar surface area (TPSA) is 87.7 Å². The van der Waals surface area contributed by atoms with Gasteiger partial charge < -0.3 is 20.3 Å². The van der Waals surface area contributed by atoms with E-state index in [1.165, 1.54) is 0 Å². The predicted octanol–water partition coefficient (Wildman–Crippen LogP) is 3.67. The molecule has 0 bridgehead atoms. The number of benzene rings is 2. The van der Waals surface area contributed by atoms with Crippen LogP contribution >= 0.6 is 23.2 Å². The Morgan fingerprint density at radius 2 is 1.90 bits per heavy atom. The average molecular weight is 462 g/mol. The fraction of sp³-hybridized carbons (Fsp3) is 0.227. The highest BCUT2D eigenvalue weighted by molar-refractivity contribution is 6.42. The van der Waals surface area contributed by atoms with Gasteiger partial charge in [-0.3, -0.25) is 14.4 Å². The number of ether oxygens (including phenoxy) is 1. The first kappa shape index (κ1) is 22.7. The van der Waals surface area contributed by atoms with Gasteiger partial charge in [0.2, 0.25) is 11.8 Å². The third kappa shape index (κ3) is 5.99. The number of amides is 3. The molecule has 9 heteroatoms.